The molecule has 0 radical (unpaired) electrons. The van der Waals surface area contributed by atoms with Crippen molar-refractivity contribution >= 4 is 15.7 Å². The molecule has 1 aromatic heterocycles. The summed E-state index contributed by atoms with van der Waals surface area (Å²) in [6, 6.07) is 3.52. The summed E-state index contributed by atoms with van der Waals surface area (Å²) in [5, 5.41) is 0. The summed E-state index contributed by atoms with van der Waals surface area (Å²) < 4.78 is 28.2. The summed E-state index contributed by atoms with van der Waals surface area (Å²) in [4.78, 5) is 14.8. The third-order valence-corrected chi connectivity index (χ3v) is 5.93. The van der Waals surface area contributed by atoms with Gasteiger partial charge < -0.3 is 9.32 Å². The molecule has 0 N–H and O–H groups in total. The number of piperidine rings is 1. The van der Waals surface area contributed by atoms with E-state index in [4.69, 9.17) is 4.42 Å². The molecule has 0 aromatic carbocycles. The Morgan fingerprint density at radius 3 is 2.83 bits per heavy atom. The van der Waals surface area contributed by atoms with Gasteiger partial charge in [-0.1, -0.05) is 6.92 Å². The van der Waals surface area contributed by atoms with Crippen LogP contribution < -0.4 is 0 Å². The maximum Gasteiger partial charge on any atom is 0.289 e. The lowest BCUT2D eigenvalue weighted by atomic mass is 9.74. The first-order valence-electron chi connectivity index (χ1n) is 8.41. The lowest BCUT2D eigenvalue weighted by molar-refractivity contribution is 0.0295. The van der Waals surface area contributed by atoms with E-state index in [1.807, 2.05) is 4.90 Å². The first kappa shape index (κ1) is 16.6. The van der Waals surface area contributed by atoms with Crippen LogP contribution in [-0.2, 0) is 15.6 Å². The predicted molar refractivity (Wildman–Crippen MR) is 87.8 cm³/mol. The molecule has 0 bridgehead atoms. The van der Waals surface area contributed by atoms with Gasteiger partial charge in [-0.25, -0.2) is 8.42 Å². The van der Waals surface area contributed by atoms with Gasteiger partial charge in [-0.3, -0.25) is 4.79 Å². The van der Waals surface area contributed by atoms with Gasteiger partial charge in [-0.05, 0) is 56.1 Å². The summed E-state index contributed by atoms with van der Waals surface area (Å²) in [7, 11) is -3.16. The van der Waals surface area contributed by atoms with Crippen molar-refractivity contribution in [3.8, 4) is 0 Å². The zero-order valence-electron chi connectivity index (χ0n) is 13.8. The number of rotatable bonds is 3. The van der Waals surface area contributed by atoms with E-state index in [1.54, 1.807) is 12.1 Å². The Balaban J connectivity index is 1.74. The van der Waals surface area contributed by atoms with Crippen LogP contribution in [0.25, 0.3) is 0 Å². The van der Waals surface area contributed by atoms with Crippen LogP contribution >= 0.6 is 0 Å². The van der Waals surface area contributed by atoms with Crippen molar-refractivity contribution in [3.05, 3.63) is 23.7 Å². The first-order valence-corrected chi connectivity index (χ1v) is 10.5. The van der Waals surface area contributed by atoms with Gasteiger partial charge in [-0.15, -0.1) is 0 Å². The lowest BCUT2D eigenvalue weighted by Gasteiger charge is -2.45. The van der Waals surface area contributed by atoms with Crippen LogP contribution in [0.1, 0.15) is 55.3 Å². The molecule has 128 valence electrons. The lowest BCUT2D eigenvalue weighted by Crippen LogP contribution is -2.50. The Kier molecular flexibility index (Phi) is 4.54. The van der Waals surface area contributed by atoms with Crippen LogP contribution in [-0.4, -0.2) is 38.1 Å². The van der Waals surface area contributed by atoms with Gasteiger partial charge in [0.15, 0.2) is 15.6 Å². The normalized spacial score (nSPS) is 28.4. The number of hydrogen-bond acceptors (Lipinski definition) is 4. The Hall–Kier alpha value is -1.30. The predicted octanol–water partition coefficient (Wildman–Crippen LogP) is 2.87. The molecular weight excluding hydrogens is 314 g/mol. The van der Waals surface area contributed by atoms with Crippen LogP contribution in [0.2, 0.25) is 0 Å². The third-order valence-electron chi connectivity index (χ3n) is 5.12. The number of nitrogens with zero attached hydrogens (tertiary/aromatic N) is 1. The van der Waals surface area contributed by atoms with Gasteiger partial charge in [0.1, 0.15) is 11.5 Å². The van der Waals surface area contributed by atoms with Crippen molar-refractivity contribution in [1.29, 1.82) is 0 Å². The highest BCUT2D eigenvalue weighted by molar-refractivity contribution is 7.89. The molecule has 1 aromatic rings. The first-order chi connectivity index (χ1) is 10.8. The second-order valence-electron chi connectivity index (χ2n) is 7.22. The smallest absolute Gasteiger partial charge is 0.289 e. The van der Waals surface area contributed by atoms with Gasteiger partial charge in [-0.2, -0.15) is 0 Å². The molecule has 2 heterocycles. The van der Waals surface area contributed by atoms with Crippen LogP contribution in [0.5, 0.6) is 0 Å². The fourth-order valence-corrected chi connectivity index (χ4v) is 4.79. The molecule has 1 aliphatic carbocycles. The average Bonchev–Trinajstić information content (AvgIpc) is 2.91. The number of furan rings is 1. The quantitative estimate of drug-likeness (QED) is 0.849. The minimum Gasteiger partial charge on any atom is -0.455 e. The molecule has 3 rings (SSSR count). The number of amides is 1. The Bertz CT molecular complexity index is 679. The zero-order chi connectivity index (χ0) is 16.6. The van der Waals surface area contributed by atoms with E-state index in [-0.39, 0.29) is 17.4 Å². The monoisotopic (exact) mass is 339 g/mol. The topological polar surface area (TPSA) is 67.6 Å². The Labute approximate surface area is 138 Å². The molecule has 6 heteroatoms. The molecule has 0 unspecified atom stereocenters. The van der Waals surface area contributed by atoms with Gasteiger partial charge in [0, 0.05) is 18.8 Å². The number of hydrogen-bond donors (Lipinski definition) is 0. The second kappa shape index (κ2) is 6.30. The molecule has 0 spiro atoms. The summed E-state index contributed by atoms with van der Waals surface area (Å²) in [6.45, 7) is 3.07. The van der Waals surface area contributed by atoms with E-state index in [0.717, 1.165) is 31.6 Å². The number of likely N-dealkylation sites (tertiary alicyclic amines) is 1. The minimum atomic E-state index is -3.16. The number of sulfone groups is 1. The molecule has 1 aliphatic heterocycles. The van der Waals surface area contributed by atoms with Crippen molar-refractivity contribution < 1.29 is 17.6 Å². The molecule has 5 nitrogen and oxygen atoms in total. The van der Waals surface area contributed by atoms with Gasteiger partial charge in [0.25, 0.3) is 5.91 Å². The Morgan fingerprint density at radius 2 is 2.09 bits per heavy atom. The standard InChI is InChI=1S/C17H25NO4S/c1-12-5-7-15-13(10-12)4-3-9-18(15)17(19)16-8-6-14(22-16)11-23(2,20)21/h6,8,12-13,15H,3-5,7,9-11H2,1-2H3/t12-,13-,15+/m1/s1. The fraction of sp³-hybridized carbons (Fsp3) is 0.706. The van der Waals surface area contributed by atoms with Gasteiger partial charge in [0.05, 0.1) is 0 Å². The zero-order valence-corrected chi connectivity index (χ0v) is 14.6. The number of carbonyl (C=O) groups is 1. The van der Waals surface area contributed by atoms with E-state index in [1.165, 1.54) is 19.3 Å². The second-order valence-corrected chi connectivity index (χ2v) is 9.36. The van der Waals surface area contributed by atoms with Crippen molar-refractivity contribution in [2.24, 2.45) is 11.8 Å². The molecule has 2 fully saturated rings. The SMILES string of the molecule is C[C@@H]1CC[C@H]2[C@H](CCCN2C(=O)c2ccc(CS(C)(=O)=O)o2)C1. The highest BCUT2D eigenvalue weighted by Crippen LogP contribution is 2.38. The van der Waals surface area contributed by atoms with Gasteiger partial charge in [0.2, 0.25) is 0 Å². The van der Waals surface area contributed by atoms with E-state index < -0.39 is 9.84 Å². The van der Waals surface area contributed by atoms with Crippen LogP contribution in [0.15, 0.2) is 16.5 Å². The summed E-state index contributed by atoms with van der Waals surface area (Å²) in [6.07, 6.45) is 6.84. The molecular formula is C17H25NO4S. The van der Waals surface area contributed by atoms with Crippen molar-refractivity contribution in [2.75, 3.05) is 12.8 Å². The van der Waals surface area contributed by atoms with Crippen LogP contribution in [0.3, 0.4) is 0 Å². The summed E-state index contributed by atoms with van der Waals surface area (Å²) >= 11 is 0. The maximum absolute atomic E-state index is 12.8. The van der Waals surface area contributed by atoms with Crippen molar-refractivity contribution in [1.82, 2.24) is 4.90 Å². The number of carbonyl (C=O) groups excluding carboxylic acids is 1. The summed E-state index contributed by atoms with van der Waals surface area (Å²) in [5.74, 6) is 1.70. The fourth-order valence-electron chi connectivity index (χ4n) is 4.12. The molecule has 1 amide bonds. The van der Waals surface area contributed by atoms with E-state index in [2.05, 4.69) is 6.92 Å². The van der Waals surface area contributed by atoms with E-state index in [0.29, 0.717) is 17.7 Å². The highest BCUT2D eigenvalue weighted by Gasteiger charge is 2.38. The molecule has 2 aliphatic rings. The van der Waals surface area contributed by atoms with Crippen molar-refractivity contribution in [2.45, 2.75) is 50.8 Å². The minimum absolute atomic E-state index is 0.0889. The van der Waals surface area contributed by atoms with E-state index in [9.17, 15) is 13.2 Å². The Morgan fingerprint density at radius 1 is 1.30 bits per heavy atom. The van der Waals surface area contributed by atoms with Crippen LogP contribution in [0.4, 0.5) is 0 Å². The largest absolute Gasteiger partial charge is 0.455 e. The highest BCUT2D eigenvalue weighted by atomic mass is 32.2. The van der Waals surface area contributed by atoms with Gasteiger partial charge >= 0.3 is 0 Å². The molecule has 1 saturated carbocycles. The average molecular weight is 339 g/mol. The number of fused-ring (bicyclic) bond motifs is 1. The molecule has 3 atom stereocenters. The van der Waals surface area contributed by atoms with E-state index >= 15 is 0 Å². The van der Waals surface area contributed by atoms with Crippen LogP contribution in [0, 0.1) is 11.8 Å². The molecule has 1 saturated heterocycles. The molecule has 23 heavy (non-hydrogen) atoms. The van der Waals surface area contributed by atoms with Crippen molar-refractivity contribution in [3.63, 3.8) is 0 Å². The maximum atomic E-state index is 12.8. The third kappa shape index (κ3) is 3.79. The summed E-state index contributed by atoms with van der Waals surface area (Å²) in [5.41, 5.74) is 0.